The quantitative estimate of drug-likeness (QED) is 0.796. The molecule has 2 nitrogen and oxygen atoms in total. The van der Waals surface area contributed by atoms with Crippen molar-refractivity contribution >= 4 is 5.97 Å². The molecule has 2 heteroatoms. The van der Waals surface area contributed by atoms with E-state index in [9.17, 15) is 4.79 Å². The Labute approximate surface area is 84.6 Å². The lowest BCUT2D eigenvalue weighted by Gasteiger charge is -2.11. The average Bonchev–Trinajstić information content (AvgIpc) is 2.16. The minimum atomic E-state index is -0.698. The topological polar surface area (TPSA) is 37.3 Å². The predicted octanol–water partition coefficient (Wildman–Crippen LogP) is 2.65. The molecule has 0 saturated carbocycles. The molecule has 1 aromatic carbocycles. The highest BCUT2D eigenvalue weighted by molar-refractivity contribution is 5.70. The van der Waals surface area contributed by atoms with E-state index < -0.39 is 5.97 Å². The van der Waals surface area contributed by atoms with E-state index in [4.69, 9.17) is 5.11 Å². The second-order valence-corrected chi connectivity index (χ2v) is 3.57. The van der Waals surface area contributed by atoms with Crippen LogP contribution in [0.4, 0.5) is 0 Å². The molecule has 0 aliphatic heterocycles. The van der Waals surface area contributed by atoms with Gasteiger partial charge in [0.2, 0.25) is 0 Å². The monoisotopic (exact) mass is 192 g/mol. The second kappa shape index (κ2) is 4.80. The van der Waals surface area contributed by atoms with Crippen molar-refractivity contribution in [1.82, 2.24) is 0 Å². The first kappa shape index (κ1) is 10.8. The number of carbonyl (C=O) groups is 1. The van der Waals surface area contributed by atoms with E-state index in [0.29, 0.717) is 12.8 Å². The van der Waals surface area contributed by atoms with Crippen molar-refractivity contribution in [2.45, 2.75) is 26.7 Å². The van der Waals surface area contributed by atoms with Crippen molar-refractivity contribution in [3.63, 3.8) is 0 Å². The van der Waals surface area contributed by atoms with Crippen molar-refractivity contribution < 1.29 is 9.90 Å². The maximum Gasteiger partial charge on any atom is 0.306 e. The SMILES string of the molecule is CC[C@H](Cc1ccccc1C)C(=O)O. The largest absolute Gasteiger partial charge is 0.481 e. The zero-order valence-electron chi connectivity index (χ0n) is 8.66. The molecule has 1 rings (SSSR count). The number of aryl methyl sites for hydroxylation is 1. The van der Waals surface area contributed by atoms with Crippen LogP contribution < -0.4 is 0 Å². The summed E-state index contributed by atoms with van der Waals surface area (Å²) < 4.78 is 0. The van der Waals surface area contributed by atoms with Gasteiger partial charge >= 0.3 is 5.97 Å². The summed E-state index contributed by atoms with van der Waals surface area (Å²) in [6.45, 7) is 3.93. The van der Waals surface area contributed by atoms with Crippen LogP contribution >= 0.6 is 0 Å². The van der Waals surface area contributed by atoms with E-state index in [1.807, 2.05) is 38.1 Å². The highest BCUT2D eigenvalue weighted by Crippen LogP contribution is 2.15. The van der Waals surface area contributed by atoms with Gasteiger partial charge in [-0.05, 0) is 30.9 Å². The number of hydrogen-bond donors (Lipinski definition) is 1. The van der Waals surface area contributed by atoms with Gasteiger partial charge in [-0.15, -0.1) is 0 Å². The third-order valence-electron chi connectivity index (χ3n) is 2.57. The van der Waals surface area contributed by atoms with Crippen molar-refractivity contribution in [2.75, 3.05) is 0 Å². The summed E-state index contributed by atoms with van der Waals surface area (Å²) in [4.78, 5) is 10.8. The number of aliphatic carboxylic acids is 1. The molecule has 0 amide bonds. The van der Waals surface area contributed by atoms with Crippen LogP contribution in [-0.4, -0.2) is 11.1 Å². The van der Waals surface area contributed by atoms with Crippen molar-refractivity contribution in [1.29, 1.82) is 0 Å². The molecule has 76 valence electrons. The average molecular weight is 192 g/mol. The van der Waals surface area contributed by atoms with Crippen molar-refractivity contribution in [2.24, 2.45) is 5.92 Å². The minimum Gasteiger partial charge on any atom is -0.481 e. The Balaban J connectivity index is 2.77. The van der Waals surface area contributed by atoms with Gasteiger partial charge in [-0.2, -0.15) is 0 Å². The number of carboxylic acids is 1. The van der Waals surface area contributed by atoms with E-state index in [-0.39, 0.29) is 5.92 Å². The first-order valence-corrected chi connectivity index (χ1v) is 4.92. The molecule has 0 spiro atoms. The Hall–Kier alpha value is -1.31. The summed E-state index contributed by atoms with van der Waals surface area (Å²) in [7, 11) is 0. The van der Waals surface area contributed by atoms with Gasteiger partial charge in [0, 0.05) is 0 Å². The fourth-order valence-electron chi connectivity index (χ4n) is 1.51. The molecule has 1 aromatic rings. The van der Waals surface area contributed by atoms with Crippen LogP contribution in [0.25, 0.3) is 0 Å². The Morgan fingerprint density at radius 2 is 2.07 bits per heavy atom. The molecule has 0 radical (unpaired) electrons. The maximum atomic E-state index is 10.8. The highest BCUT2D eigenvalue weighted by Gasteiger charge is 2.15. The molecule has 1 N–H and O–H groups in total. The lowest BCUT2D eigenvalue weighted by Crippen LogP contribution is -2.15. The van der Waals surface area contributed by atoms with Crippen LogP contribution in [-0.2, 0) is 11.2 Å². The van der Waals surface area contributed by atoms with Gasteiger partial charge in [-0.25, -0.2) is 0 Å². The van der Waals surface area contributed by atoms with Gasteiger partial charge in [-0.1, -0.05) is 31.2 Å². The first-order chi connectivity index (χ1) is 6.65. The smallest absolute Gasteiger partial charge is 0.306 e. The summed E-state index contributed by atoms with van der Waals surface area (Å²) in [6, 6.07) is 7.95. The Kier molecular flexibility index (Phi) is 3.69. The Bertz CT molecular complexity index is 318. The minimum absolute atomic E-state index is 0.254. The predicted molar refractivity (Wildman–Crippen MR) is 56.3 cm³/mol. The van der Waals surface area contributed by atoms with Crippen LogP contribution in [0.1, 0.15) is 24.5 Å². The molecule has 0 aromatic heterocycles. The van der Waals surface area contributed by atoms with Gasteiger partial charge < -0.3 is 5.11 Å². The molecule has 0 bridgehead atoms. The first-order valence-electron chi connectivity index (χ1n) is 4.92. The molecule has 0 aliphatic rings. The maximum absolute atomic E-state index is 10.8. The van der Waals surface area contributed by atoms with Gasteiger partial charge in [0.05, 0.1) is 5.92 Å². The Morgan fingerprint density at radius 3 is 2.57 bits per heavy atom. The third-order valence-corrected chi connectivity index (χ3v) is 2.57. The molecule has 1 atom stereocenters. The standard InChI is InChI=1S/C12H16O2/c1-3-10(12(13)14)8-11-7-5-4-6-9(11)2/h4-7,10H,3,8H2,1-2H3,(H,13,14)/t10-/m1/s1. The molecular formula is C12H16O2. The van der Waals surface area contributed by atoms with Gasteiger partial charge in [0.25, 0.3) is 0 Å². The van der Waals surface area contributed by atoms with Crippen LogP contribution in [0.2, 0.25) is 0 Å². The summed E-state index contributed by atoms with van der Waals surface area (Å²) >= 11 is 0. The molecule has 0 heterocycles. The molecule has 0 unspecified atom stereocenters. The highest BCUT2D eigenvalue weighted by atomic mass is 16.4. The van der Waals surface area contributed by atoms with Crippen LogP contribution in [0, 0.1) is 12.8 Å². The second-order valence-electron chi connectivity index (χ2n) is 3.57. The third kappa shape index (κ3) is 2.59. The normalized spacial score (nSPS) is 12.4. The summed E-state index contributed by atoms with van der Waals surface area (Å²) in [5.41, 5.74) is 2.31. The van der Waals surface area contributed by atoms with Crippen molar-refractivity contribution in [3.8, 4) is 0 Å². The van der Waals surface area contributed by atoms with Crippen LogP contribution in [0.3, 0.4) is 0 Å². The number of benzene rings is 1. The zero-order valence-corrected chi connectivity index (χ0v) is 8.66. The number of carboxylic acid groups (broad SMARTS) is 1. The van der Waals surface area contributed by atoms with Gasteiger partial charge in [0.1, 0.15) is 0 Å². The summed E-state index contributed by atoms with van der Waals surface area (Å²) in [6.07, 6.45) is 1.32. The zero-order chi connectivity index (χ0) is 10.6. The molecule has 0 fully saturated rings. The van der Waals surface area contributed by atoms with Gasteiger partial charge in [-0.3, -0.25) is 4.79 Å². The lowest BCUT2D eigenvalue weighted by atomic mass is 9.94. The van der Waals surface area contributed by atoms with E-state index in [1.165, 1.54) is 5.56 Å². The fraction of sp³-hybridized carbons (Fsp3) is 0.417. The van der Waals surface area contributed by atoms with Gasteiger partial charge in [0.15, 0.2) is 0 Å². The number of rotatable bonds is 4. The molecule has 14 heavy (non-hydrogen) atoms. The number of hydrogen-bond acceptors (Lipinski definition) is 1. The van der Waals surface area contributed by atoms with E-state index in [1.54, 1.807) is 0 Å². The lowest BCUT2D eigenvalue weighted by molar-refractivity contribution is -0.141. The van der Waals surface area contributed by atoms with Crippen molar-refractivity contribution in [3.05, 3.63) is 35.4 Å². The van der Waals surface area contributed by atoms with E-state index in [0.717, 1.165) is 5.56 Å². The van der Waals surface area contributed by atoms with Crippen LogP contribution in [0.5, 0.6) is 0 Å². The molecular weight excluding hydrogens is 176 g/mol. The van der Waals surface area contributed by atoms with E-state index >= 15 is 0 Å². The molecule has 0 saturated heterocycles. The Morgan fingerprint density at radius 1 is 1.43 bits per heavy atom. The van der Waals surface area contributed by atoms with E-state index in [2.05, 4.69) is 0 Å². The fourth-order valence-corrected chi connectivity index (χ4v) is 1.51. The summed E-state index contributed by atoms with van der Waals surface area (Å²) in [5, 5.41) is 8.93. The summed E-state index contributed by atoms with van der Waals surface area (Å²) in [5.74, 6) is -0.952. The van der Waals surface area contributed by atoms with Crippen LogP contribution in [0.15, 0.2) is 24.3 Å². The molecule has 0 aliphatic carbocycles.